The zero-order chi connectivity index (χ0) is 9.94. The molecule has 1 unspecified atom stereocenters. The van der Waals surface area contributed by atoms with Gasteiger partial charge in [0, 0.05) is 0 Å². The minimum atomic E-state index is -4.93. The summed E-state index contributed by atoms with van der Waals surface area (Å²) in [5, 5.41) is 8.20. The van der Waals surface area contributed by atoms with Gasteiger partial charge in [0.15, 0.2) is 5.92 Å². The maximum atomic E-state index is 10.5. The molecule has 0 aliphatic rings. The van der Waals surface area contributed by atoms with Crippen molar-refractivity contribution >= 4 is 19.8 Å². The number of phosphoric acid groups is 1. The number of carboxylic acid groups (broad SMARTS) is 1. The van der Waals surface area contributed by atoms with Gasteiger partial charge in [0.05, 0.1) is 0 Å². The lowest BCUT2D eigenvalue weighted by Crippen LogP contribution is -2.21. The largest absolute Gasteiger partial charge is 0.527 e. The summed E-state index contributed by atoms with van der Waals surface area (Å²) >= 11 is 0. The number of carbonyl (C=O) groups is 2. The molecule has 1 atom stereocenters. The van der Waals surface area contributed by atoms with Crippen LogP contribution < -0.4 is 0 Å². The maximum Gasteiger partial charge on any atom is 0.527 e. The molecular weight excluding hydrogens is 191 g/mol. The van der Waals surface area contributed by atoms with Crippen molar-refractivity contribution in [1.29, 1.82) is 0 Å². The van der Waals surface area contributed by atoms with Crippen LogP contribution in [-0.2, 0) is 18.7 Å². The van der Waals surface area contributed by atoms with Crippen LogP contribution in [0.1, 0.15) is 6.92 Å². The Kier molecular flexibility index (Phi) is 3.38. The fourth-order valence-electron chi connectivity index (χ4n) is 0.297. The topological polar surface area (TPSA) is 121 Å². The van der Waals surface area contributed by atoms with Gasteiger partial charge in [-0.3, -0.25) is 19.4 Å². The summed E-state index contributed by atoms with van der Waals surface area (Å²) in [6.45, 7) is 0.959. The highest BCUT2D eigenvalue weighted by atomic mass is 31.2. The Bertz CT molecular complexity index is 240. The minimum Gasteiger partial charge on any atom is -0.481 e. The first-order valence-electron chi connectivity index (χ1n) is 2.76. The molecule has 0 heterocycles. The van der Waals surface area contributed by atoms with Gasteiger partial charge in [0.1, 0.15) is 0 Å². The highest BCUT2D eigenvalue weighted by Gasteiger charge is 2.29. The molecule has 0 radical (unpaired) electrons. The van der Waals surface area contributed by atoms with E-state index in [-0.39, 0.29) is 0 Å². The molecule has 0 spiro atoms. The molecule has 0 aromatic carbocycles. The Labute approximate surface area is 67.2 Å². The van der Waals surface area contributed by atoms with E-state index in [2.05, 4.69) is 4.52 Å². The number of phosphoric ester groups is 1. The second-order valence-electron chi connectivity index (χ2n) is 1.96. The van der Waals surface area contributed by atoms with Gasteiger partial charge in [-0.2, -0.15) is 0 Å². The molecule has 0 rings (SSSR count). The molecule has 0 fully saturated rings. The Balaban J connectivity index is 4.24. The second-order valence-corrected chi connectivity index (χ2v) is 3.12. The van der Waals surface area contributed by atoms with Gasteiger partial charge < -0.3 is 9.63 Å². The molecule has 0 aromatic heterocycles. The van der Waals surface area contributed by atoms with Gasteiger partial charge in [-0.25, -0.2) is 4.57 Å². The number of carboxylic acids is 1. The fraction of sp³-hybridized carbons (Fsp3) is 0.500. The van der Waals surface area contributed by atoms with Crippen LogP contribution in [0.2, 0.25) is 0 Å². The van der Waals surface area contributed by atoms with E-state index < -0.39 is 25.7 Å². The number of rotatable bonds is 3. The Morgan fingerprint density at radius 3 is 2.08 bits per heavy atom. The lowest BCUT2D eigenvalue weighted by Gasteiger charge is -2.06. The van der Waals surface area contributed by atoms with Crippen molar-refractivity contribution in [2.75, 3.05) is 0 Å². The molecule has 0 bridgehead atoms. The molecule has 70 valence electrons. The average Bonchev–Trinajstić information content (AvgIpc) is 1.82. The summed E-state index contributed by atoms with van der Waals surface area (Å²) in [7, 11) is -4.93. The van der Waals surface area contributed by atoms with Crippen molar-refractivity contribution in [3.8, 4) is 0 Å². The van der Waals surface area contributed by atoms with E-state index in [0.29, 0.717) is 0 Å². The van der Waals surface area contributed by atoms with Crippen molar-refractivity contribution in [2.24, 2.45) is 5.92 Å². The summed E-state index contributed by atoms with van der Waals surface area (Å²) in [4.78, 5) is 36.8. The van der Waals surface area contributed by atoms with Crippen LogP contribution in [0.3, 0.4) is 0 Å². The quantitative estimate of drug-likeness (QED) is 0.406. The Morgan fingerprint density at radius 1 is 1.42 bits per heavy atom. The van der Waals surface area contributed by atoms with Crippen molar-refractivity contribution in [3.05, 3.63) is 0 Å². The lowest BCUT2D eigenvalue weighted by molar-refractivity contribution is -0.152. The van der Waals surface area contributed by atoms with Crippen LogP contribution in [0.5, 0.6) is 0 Å². The number of hydrogen-bond acceptors (Lipinski definition) is 4. The zero-order valence-electron chi connectivity index (χ0n) is 6.00. The van der Waals surface area contributed by atoms with Crippen LogP contribution in [0.25, 0.3) is 0 Å². The zero-order valence-corrected chi connectivity index (χ0v) is 6.89. The number of carbonyl (C=O) groups excluding carboxylic acids is 1. The highest BCUT2D eigenvalue weighted by Crippen LogP contribution is 2.36. The predicted octanol–water partition coefficient (Wildman–Crippen LogP) is -0.657. The van der Waals surface area contributed by atoms with Gasteiger partial charge in [-0.1, -0.05) is 0 Å². The summed E-state index contributed by atoms with van der Waals surface area (Å²) < 4.78 is 13.5. The molecule has 12 heavy (non-hydrogen) atoms. The standard InChI is InChI=1S/C4H7O7P/c1-2(3(5)6)4(7)11-12(8,9)10/h2H,1H3,(H,5,6)(H2,8,9,10). The van der Waals surface area contributed by atoms with Crippen molar-refractivity contribution < 1.29 is 33.6 Å². The number of hydrogen-bond donors (Lipinski definition) is 3. The van der Waals surface area contributed by atoms with Crippen LogP contribution in [0.15, 0.2) is 0 Å². The summed E-state index contributed by atoms with van der Waals surface area (Å²) in [5.41, 5.74) is 0. The Morgan fingerprint density at radius 2 is 1.83 bits per heavy atom. The second kappa shape index (κ2) is 3.66. The Hall–Kier alpha value is -0.910. The molecule has 0 aliphatic carbocycles. The van der Waals surface area contributed by atoms with Gasteiger partial charge in [-0.15, -0.1) is 0 Å². The van der Waals surface area contributed by atoms with Gasteiger partial charge in [-0.05, 0) is 6.92 Å². The molecule has 0 amide bonds. The van der Waals surface area contributed by atoms with Crippen LogP contribution in [0.4, 0.5) is 0 Å². The molecule has 8 heteroatoms. The van der Waals surface area contributed by atoms with Crippen molar-refractivity contribution in [3.63, 3.8) is 0 Å². The number of aliphatic carboxylic acids is 1. The van der Waals surface area contributed by atoms with Gasteiger partial charge in [0.2, 0.25) is 0 Å². The van der Waals surface area contributed by atoms with Gasteiger partial charge >= 0.3 is 19.8 Å². The first kappa shape index (κ1) is 11.1. The summed E-state index contributed by atoms with van der Waals surface area (Å²) in [5.74, 6) is -4.55. The van der Waals surface area contributed by atoms with E-state index in [9.17, 15) is 14.2 Å². The highest BCUT2D eigenvalue weighted by molar-refractivity contribution is 7.46. The molecule has 7 nitrogen and oxygen atoms in total. The fourth-order valence-corrected chi connectivity index (χ4v) is 0.690. The van der Waals surface area contributed by atoms with E-state index in [4.69, 9.17) is 14.9 Å². The third kappa shape index (κ3) is 4.07. The third-order valence-corrected chi connectivity index (χ3v) is 1.35. The first-order valence-corrected chi connectivity index (χ1v) is 4.29. The van der Waals surface area contributed by atoms with Crippen LogP contribution in [-0.4, -0.2) is 26.8 Å². The van der Waals surface area contributed by atoms with E-state index in [1.165, 1.54) is 0 Å². The normalized spacial score (nSPS) is 13.6. The van der Waals surface area contributed by atoms with E-state index in [1.807, 2.05) is 0 Å². The first-order chi connectivity index (χ1) is 5.24. The third-order valence-electron chi connectivity index (χ3n) is 0.933. The van der Waals surface area contributed by atoms with E-state index >= 15 is 0 Å². The molecular formula is C4H7O7P. The molecule has 0 aliphatic heterocycles. The average molecular weight is 198 g/mol. The molecule has 0 aromatic rings. The SMILES string of the molecule is CC(C(=O)O)C(=O)OP(=O)(O)O. The van der Waals surface area contributed by atoms with Crippen LogP contribution >= 0.6 is 7.82 Å². The molecule has 3 N–H and O–H groups in total. The monoisotopic (exact) mass is 198 g/mol. The minimum absolute atomic E-state index is 0.959. The smallest absolute Gasteiger partial charge is 0.481 e. The van der Waals surface area contributed by atoms with Crippen LogP contribution in [0, 0.1) is 5.92 Å². The van der Waals surface area contributed by atoms with Crippen molar-refractivity contribution in [1.82, 2.24) is 0 Å². The molecule has 0 saturated carbocycles. The summed E-state index contributed by atoms with van der Waals surface area (Å²) in [6, 6.07) is 0. The molecule has 0 saturated heterocycles. The van der Waals surface area contributed by atoms with Gasteiger partial charge in [0.25, 0.3) is 0 Å². The predicted molar refractivity (Wildman–Crippen MR) is 34.9 cm³/mol. The lowest BCUT2D eigenvalue weighted by atomic mass is 10.2. The van der Waals surface area contributed by atoms with E-state index in [0.717, 1.165) is 6.92 Å². The maximum absolute atomic E-state index is 10.5. The summed E-state index contributed by atoms with van der Waals surface area (Å²) in [6.07, 6.45) is 0. The van der Waals surface area contributed by atoms with E-state index in [1.54, 1.807) is 0 Å². The van der Waals surface area contributed by atoms with Crippen molar-refractivity contribution in [2.45, 2.75) is 6.92 Å².